The Morgan fingerprint density at radius 1 is 1.58 bits per heavy atom. The summed E-state index contributed by atoms with van der Waals surface area (Å²) >= 11 is 0. The first kappa shape index (κ1) is 7.65. The number of imidazole rings is 1. The SMILES string of the molecule is O=c1[nH]ccn1CCC1CCC1. The van der Waals surface area contributed by atoms with Crippen molar-refractivity contribution in [3.63, 3.8) is 0 Å². The van der Waals surface area contributed by atoms with Crippen molar-refractivity contribution in [1.29, 1.82) is 0 Å². The van der Waals surface area contributed by atoms with Crippen molar-refractivity contribution in [1.82, 2.24) is 9.55 Å². The fraction of sp³-hybridized carbons (Fsp3) is 0.667. The monoisotopic (exact) mass is 166 g/mol. The van der Waals surface area contributed by atoms with E-state index < -0.39 is 0 Å². The quantitative estimate of drug-likeness (QED) is 0.723. The van der Waals surface area contributed by atoms with Gasteiger partial charge in [-0.25, -0.2) is 4.79 Å². The van der Waals surface area contributed by atoms with Crippen molar-refractivity contribution in [2.75, 3.05) is 0 Å². The largest absolute Gasteiger partial charge is 0.325 e. The Kier molecular flexibility index (Phi) is 2.02. The van der Waals surface area contributed by atoms with Crippen LogP contribution < -0.4 is 5.69 Å². The molecule has 1 N–H and O–H groups in total. The number of hydrogen-bond acceptors (Lipinski definition) is 1. The molecular formula is C9H14N2O. The predicted octanol–water partition coefficient (Wildman–Crippen LogP) is 1.37. The lowest BCUT2D eigenvalue weighted by Gasteiger charge is -2.24. The number of aromatic nitrogens is 2. The minimum Gasteiger partial charge on any atom is -0.313 e. The molecule has 1 fully saturated rings. The number of aromatic amines is 1. The first-order chi connectivity index (χ1) is 5.86. The molecule has 0 radical (unpaired) electrons. The lowest BCUT2D eigenvalue weighted by molar-refractivity contribution is 0.281. The number of nitrogens with zero attached hydrogens (tertiary/aromatic N) is 1. The van der Waals surface area contributed by atoms with Gasteiger partial charge in [-0.3, -0.25) is 4.57 Å². The van der Waals surface area contributed by atoms with Crippen molar-refractivity contribution in [3.05, 3.63) is 22.9 Å². The predicted molar refractivity (Wildman–Crippen MR) is 47.0 cm³/mol. The molecular weight excluding hydrogens is 152 g/mol. The number of rotatable bonds is 3. The van der Waals surface area contributed by atoms with Gasteiger partial charge in [-0.15, -0.1) is 0 Å². The molecule has 0 amide bonds. The average Bonchev–Trinajstić information content (AvgIpc) is 2.33. The molecule has 1 aliphatic rings. The van der Waals surface area contributed by atoms with Crippen molar-refractivity contribution in [3.8, 4) is 0 Å². The van der Waals surface area contributed by atoms with Gasteiger partial charge in [0.25, 0.3) is 0 Å². The number of nitrogens with one attached hydrogen (secondary N) is 1. The summed E-state index contributed by atoms with van der Waals surface area (Å²) in [5.41, 5.74) is 0.0225. The Bertz CT molecular complexity index is 295. The second-order valence-corrected chi connectivity index (χ2v) is 3.54. The molecule has 1 aromatic heterocycles. The van der Waals surface area contributed by atoms with Crippen LogP contribution in [-0.2, 0) is 6.54 Å². The normalized spacial score (nSPS) is 17.7. The van der Waals surface area contributed by atoms with E-state index in [4.69, 9.17) is 0 Å². The average molecular weight is 166 g/mol. The van der Waals surface area contributed by atoms with E-state index in [1.165, 1.54) is 19.3 Å². The molecule has 0 unspecified atom stereocenters. The highest BCUT2D eigenvalue weighted by Gasteiger charge is 2.16. The minimum atomic E-state index is 0.0225. The van der Waals surface area contributed by atoms with Crippen LogP contribution >= 0.6 is 0 Å². The summed E-state index contributed by atoms with van der Waals surface area (Å²) in [7, 11) is 0. The van der Waals surface area contributed by atoms with Crippen LogP contribution in [0.1, 0.15) is 25.7 Å². The van der Waals surface area contributed by atoms with Crippen LogP contribution in [0.3, 0.4) is 0 Å². The van der Waals surface area contributed by atoms with Crippen molar-refractivity contribution < 1.29 is 0 Å². The summed E-state index contributed by atoms with van der Waals surface area (Å²) < 4.78 is 1.75. The van der Waals surface area contributed by atoms with Gasteiger partial charge in [0.1, 0.15) is 0 Å². The number of aryl methyl sites for hydroxylation is 1. The maximum absolute atomic E-state index is 11.0. The van der Waals surface area contributed by atoms with Gasteiger partial charge < -0.3 is 4.98 Å². The van der Waals surface area contributed by atoms with Crippen LogP contribution in [0.2, 0.25) is 0 Å². The van der Waals surface area contributed by atoms with Crippen molar-refractivity contribution in [2.24, 2.45) is 5.92 Å². The molecule has 1 aliphatic carbocycles. The van der Waals surface area contributed by atoms with Crippen LogP contribution in [0, 0.1) is 5.92 Å². The van der Waals surface area contributed by atoms with Gasteiger partial charge in [-0.1, -0.05) is 19.3 Å². The van der Waals surface area contributed by atoms with Gasteiger partial charge in [0.05, 0.1) is 0 Å². The molecule has 1 saturated carbocycles. The molecule has 12 heavy (non-hydrogen) atoms. The van der Waals surface area contributed by atoms with Gasteiger partial charge in [0.2, 0.25) is 0 Å². The molecule has 1 aromatic rings. The molecule has 0 spiro atoms. The van der Waals surface area contributed by atoms with E-state index in [0.717, 1.165) is 18.9 Å². The molecule has 3 heteroatoms. The third-order valence-electron chi connectivity index (χ3n) is 2.73. The molecule has 2 rings (SSSR count). The van der Waals surface area contributed by atoms with Crippen LogP contribution in [0.25, 0.3) is 0 Å². The number of H-pyrrole nitrogens is 1. The smallest absolute Gasteiger partial charge is 0.313 e. The molecule has 0 atom stereocenters. The Hall–Kier alpha value is -0.990. The van der Waals surface area contributed by atoms with E-state index >= 15 is 0 Å². The van der Waals surface area contributed by atoms with Crippen LogP contribution in [-0.4, -0.2) is 9.55 Å². The van der Waals surface area contributed by atoms with Crippen LogP contribution in [0.15, 0.2) is 17.2 Å². The van der Waals surface area contributed by atoms with E-state index in [1.807, 2.05) is 6.20 Å². The van der Waals surface area contributed by atoms with Gasteiger partial charge >= 0.3 is 5.69 Å². The van der Waals surface area contributed by atoms with Crippen LogP contribution in [0.4, 0.5) is 0 Å². The lowest BCUT2D eigenvalue weighted by Crippen LogP contribution is -2.20. The zero-order valence-corrected chi connectivity index (χ0v) is 7.12. The molecule has 66 valence electrons. The molecule has 0 aliphatic heterocycles. The third-order valence-corrected chi connectivity index (χ3v) is 2.73. The van der Waals surface area contributed by atoms with E-state index in [-0.39, 0.29) is 5.69 Å². The standard InChI is InChI=1S/C9H14N2O/c12-9-10-5-7-11(9)6-4-8-2-1-3-8/h5,7-8H,1-4,6H2,(H,10,12). The summed E-state index contributed by atoms with van der Waals surface area (Å²) in [6.45, 7) is 0.882. The lowest BCUT2D eigenvalue weighted by atomic mass is 9.83. The highest BCUT2D eigenvalue weighted by Crippen LogP contribution is 2.29. The van der Waals surface area contributed by atoms with Gasteiger partial charge in [-0.05, 0) is 12.3 Å². The summed E-state index contributed by atoms with van der Waals surface area (Å²) in [4.78, 5) is 13.7. The molecule has 1 heterocycles. The third kappa shape index (κ3) is 1.44. The zero-order chi connectivity index (χ0) is 8.39. The second kappa shape index (κ2) is 3.17. The first-order valence-corrected chi connectivity index (χ1v) is 4.60. The highest BCUT2D eigenvalue weighted by atomic mass is 16.1. The summed E-state index contributed by atoms with van der Waals surface area (Å²) in [6, 6.07) is 0. The molecule has 0 saturated heterocycles. The fourth-order valence-electron chi connectivity index (χ4n) is 1.63. The van der Waals surface area contributed by atoms with E-state index in [0.29, 0.717) is 0 Å². The summed E-state index contributed by atoms with van der Waals surface area (Å²) in [6.07, 6.45) is 8.78. The van der Waals surface area contributed by atoms with E-state index in [1.54, 1.807) is 10.8 Å². The first-order valence-electron chi connectivity index (χ1n) is 4.60. The summed E-state index contributed by atoms with van der Waals surface area (Å²) in [5, 5.41) is 0. The molecule has 3 nitrogen and oxygen atoms in total. The second-order valence-electron chi connectivity index (χ2n) is 3.54. The summed E-state index contributed by atoms with van der Waals surface area (Å²) in [5.74, 6) is 0.881. The minimum absolute atomic E-state index is 0.0225. The Balaban J connectivity index is 1.86. The van der Waals surface area contributed by atoms with Gasteiger partial charge in [0.15, 0.2) is 0 Å². The Morgan fingerprint density at radius 2 is 2.42 bits per heavy atom. The Labute approximate surface area is 71.4 Å². The zero-order valence-electron chi connectivity index (χ0n) is 7.12. The maximum atomic E-state index is 11.0. The topological polar surface area (TPSA) is 37.8 Å². The van der Waals surface area contributed by atoms with Crippen molar-refractivity contribution >= 4 is 0 Å². The van der Waals surface area contributed by atoms with Gasteiger partial charge in [0, 0.05) is 18.9 Å². The van der Waals surface area contributed by atoms with Crippen LogP contribution in [0.5, 0.6) is 0 Å². The molecule has 0 bridgehead atoms. The maximum Gasteiger partial charge on any atom is 0.325 e. The van der Waals surface area contributed by atoms with Crippen molar-refractivity contribution in [2.45, 2.75) is 32.2 Å². The fourth-order valence-corrected chi connectivity index (χ4v) is 1.63. The highest BCUT2D eigenvalue weighted by molar-refractivity contribution is 4.77. The number of hydrogen-bond donors (Lipinski definition) is 1. The van der Waals surface area contributed by atoms with E-state index in [9.17, 15) is 4.79 Å². The Morgan fingerprint density at radius 3 is 2.92 bits per heavy atom. The van der Waals surface area contributed by atoms with Gasteiger partial charge in [-0.2, -0.15) is 0 Å². The molecule has 0 aromatic carbocycles. The van der Waals surface area contributed by atoms with E-state index in [2.05, 4.69) is 4.98 Å².